The van der Waals surface area contributed by atoms with E-state index in [0.29, 0.717) is 0 Å². The van der Waals surface area contributed by atoms with E-state index in [1.54, 1.807) is 12.1 Å². The van der Waals surface area contributed by atoms with Crippen LogP contribution in [0, 0.1) is 5.92 Å². The molecule has 3 rings (SSSR count). The molecular weight excluding hydrogens is 380 g/mol. The van der Waals surface area contributed by atoms with Crippen molar-refractivity contribution in [1.29, 1.82) is 0 Å². The van der Waals surface area contributed by atoms with Crippen LogP contribution < -0.4 is 9.47 Å². The highest BCUT2D eigenvalue weighted by molar-refractivity contribution is 6.27. The van der Waals surface area contributed by atoms with Crippen molar-refractivity contribution in [2.75, 3.05) is 6.61 Å². The lowest BCUT2D eigenvalue weighted by molar-refractivity contribution is -0.153. The van der Waals surface area contributed by atoms with Crippen molar-refractivity contribution >= 4 is 29.5 Å². The number of ether oxygens (including phenoxy) is 3. The van der Waals surface area contributed by atoms with Crippen molar-refractivity contribution in [1.82, 2.24) is 0 Å². The Kier molecular flexibility index (Phi) is 5.82. The highest BCUT2D eigenvalue weighted by Crippen LogP contribution is 2.29. The van der Waals surface area contributed by atoms with Crippen LogP contribution in [0.5, 0.6) is 11.5 Å². The summed E-state index contributed by atoms with van der Waals surface area (Å²) in [6.07, 6.45) is -0.448. The third-order valence-corrected chi connectivity index (χ3v) is 4.13. The van der Waals surface area contributed by atoms with Crippen molar-refractivity contribution in [2.45, 2.75) is 13.3 Å². The van der Waals surface area contributed by atoms with Gasteiger partial charge in [0.15, 0.2) is 18.2 Å². The molecule has 0 atom stereocenters. The summed E-state index contributed by atoms with van der Waals surface area (Å²) < 4.78 is 14.7. The minimum Gasteiger partial charge on any atom is -0.454 e. The molecule has 148 valence electrons. The zero-order chi connectivity index (χ0) is 21.0. The third kappa shape index (κ3) is 4.73. The van der Waals surface area contributed by atoms with Gasteiger partial charge in [0, 0.05) is 18.1 Å². The SMILES string of the molecule is CC(=O)Oc1ccc(OC(=O)COC(=O)CC2C(=O)c3ccccc3C2=O)cc1. The number of esters is 3. The molecule has 1 aliphatic carbocycles. The first kappa shape index (κ1) is 19.9. The van der Waals surface area contributed by atoms with Crippen LogP contribution in [0.2, 0.25) is 0 Å². The summed E-state index contributed by atoms with van der Waals surface area (Å²) in [5, 5.41) is 0. The van der Waals surface area contributed by atoms with E-state index in [0.717, 1.165) is 0 Å². The highest BCUT2D eigenvalue weighted by atomic mass is 16.6. The second-order valence-electron chi connectivity index (χ2n) is 6.23. The molecule has 0 unspecified atom stereocenters. The van der Waals surface area contributed by atoms with E-state index in [1.807, 2.05) is 0 Å². The molecule has 1 aliphatic rings. The van der Waals surface area contributed by atoms with E-state index >= 15 is 0 Å². The molecule has 0 aromatic heterocycles. The first-order valence-corrected chi connectivity index (χ1v) is 8.67. The molecule has 0 amide bonds. The smallest absolute Gasteiger partial charge is 0.349 e. The summed E-state index contributed by atoms with van der Waals surface area (Å²) >= 11 is 0. The standard InChI is InChI=1S/C21H16O8/c1-12(22)28-13-6-8-14(9-7-13)29-19(24)11-27-18(23)10-17-20(25)15-4-2-3-5-16(15)21(17)26/h2-9,17H,10-11H2,1H3. The van der Waals surface area contributed by atoms with Crippen LogP contribution in [0.3, 0.4) is 0 Å². The summed E-state index contributed by atoms with van der Waals surface area (Å²) in [7, 11) is 0. The van der Waals surface area contributed by atoms with Gasteiger partial charge in [0.25, 0.3) is 0 Å². The van der Waals surface area contributed by atoms with Gasteiger partial charge in [-0.05, 0) is 24.3 Å². The second kappa shape index (κ2) is 8.47. The second-order valence-corrected chi connectivity index (χ2v) is 6.23. The molecular formula is C21H16O8. The zero-order valence-corrected chi connectivity index (χ0v) is 15.4. The monoisotopic (exact) mass is 396 g/mol. The van der Waals surface area contributed by atoms with E-state index in [9.17, 15) is 24.0 Å². The lowest BCUT2D eigenvalue weighted by atomic mass is 10.0. The maximum atomic E-state index is 12.3. The molecule has 2 aromatic rings. The first-order chi connectivity index (χ1) is 13.8. The van der Waals surface area contributed by atoms with Crippen LogP contribution in [0.25, 0.3) is 0 Å². The molecule has 0 saturated carbocycles. The van der Waals surface area contributed by atoms with Crippen LogP contribution in [0.1, 0.15) is 34.1 Å². The number of rotatable bonds is 6. The number of carbonyl (C=O) groups excluding carboxylic acids is 5. The number of hydrogen-bond acceptors (Lipinski definition) is 8. The van der Waals surface area contributed by atoms with Gasteiger partial charge in [-0.2, -0.15) is 0 Å². The zero-order valence-electron chi connectivity index (χ0n) is 15.4. The van der Waals surface area contributed by atoms with Crippen LogP contribution >= 0.6 is 0 Å². The number of carbonyl (C=O) groups is 5. The molecule has 0 radical (unpaired) electrons. The fourth-order valence-electron chi connectivity index (χ4n) is 2.86. The summed E-state index contributed by atoms with van der Waals surface area (Å²) in [6, 6.07) is 12.0. The molecule has 8 heteroatoms. The number of Topliss-reactive ketones (excluding diaryl/α,β-unsaturated/α-hetero) is 2. The first-order valence-electron chi connectivity index (χ1n) is 8.67. The van der Waals surface area contributed by atoms with Gasteiger partial charge in [-0.1, -0.05) is 24.3 Å². The van der Waals surface area contributed by atoms with Crippen LogP contribution in [-0.4, -0.2) is 36.1 Å². The van der Waals surface area contributed by atoms with Crippen LogP contribution in [0.4, 0.5) is 0 Å². The third-order valence-electron chi connectivity index (χ3n) is 4.13. The maximum Gasteiger partial charge on any atom is 0.349 e. The van der Waals surface area contributed by atoms with Gasteiger partial charge in [-0.3, -0.25) is 19.2 Å². The molecule has 0 fully saturated rings. The molecule has 8 nitrogen and oxygen atoms in total. The van der Waals surface area contributed by atoms with Gasteiger partial charge in [-0.15, -0.1) is 0 Å². The van der Waals surface area contributed by atoms with Gasteiger partial charge < -0.3 is 14.2 Å². The summed E-state index contributed by atoms with van der Waals surface area (Å²) in [5.74, 6) is -3.73. The fraction of sp³-hybridized carbons (Fsp3) is 0.190. The van der Waals surface area contributed by atoms with Crippen molar-refractivity contribution in [3.63, 3.8) is 0 Å². The maximum absolute atomic E-state index is 12.3. The normalized spacial score (nSPS) is 13.0. The topological polar surface area (TPSA) is 113 Å². The van der Waals surface area contributed by atoms with Gasteiger partial charge in [0.2, 0.25) is 0 Å². The van der Waals surface area contributed by atoms with E-state index in [2.05, 4.69) is 0 Å². The van der Waals surface area contributed by atoms with Crippen molar-refractivity contribution in [3.05, 3.63) is 59.7 Å². The van der Waals surface area contributed by atoms with E-state index in [-0.39, 0.29) is 22.6 Å². The number of ketones is 2. The van der Waals surface area contributed by atoms with Crippen LogP contribution in [-0.2, 0) is 19.1 Å². The highest BCUT2D eigenvalue weighted by Gasteiger charge is 2.39. The van der Waals surface area contributed by atoms with Crippen molar-refractivity contribution < 1.29 is 38.2 Å². The predicted molar refractivity (Wildman–Crippen MR) is 97.6 cm³/mol. The largest absolute Gasteiger partial charge is 0.454 e. The Bertz CT molecular complexity index is 955. The van der Waals surface area contributed by atoms with Gasteiger partial charge in [-0.25, -0.2) is 4.79 Å². The average Bonchev–Trinajstić information content (AvgIpc) is 2.93. The fourth-order valence-corrected chi connectivity index (χ4v) is 2.86. The predicted octanol–water partition coefficient (Wildman–Crippen LogP) is 2.15. The number of fused-ring (bicyclic) bond motifs is 1. The number of hydrogen-bond donors (Lipinski definition) is 0. The quantitative estimate of drug-likeness (QED) is 0.415. The van der Waals surface area contributed by atoms with Gasteiger partial charge in [0.05, 0.1) is 12.3 Å². The average molecular weight is 396 g/mol. The summed E-state index contributed by atoms with van der Waals surface area (Å²) in [4.78, 5) is 59.2. The molecule has 0 N–H and O–H groups in total. The van der Waals surface area contributed by atoms with Crippen LogP contribution in [0.15, 0.2) is 48.5 Å². The lowest BCUT2D eigenvalue weighted by Crippen LogP contribution is -2.24. The van der Waals surface area contributed by atoms with Gasteiger partial charge >= 0.3 is 17.9 Å². The molecule has 0 saturated heterocycles. The Morgan fingerprint density at radius 2 is 1.31 bits per heavy atom. The van der Waals surface area contributed by atoms with Gasteiger partial charge in [0.1, 0.15) is 11.5 Å². The van der Waals surface area contributed by atoms with Crippen molar-refractivity contribution in [2.24, 2.45) is 5.92 Å². The van der Waals surface area contributed by atoms with E-state index < -0.39 is 48.4 Å². The van der Waals surface area contributed by atoms with Crippen molar-refractivity contribution in [3.8, 4) is 11.5 Å². The molecule has 0 heterocycles. The molecule has 2 aromatic carbocycles. The van der Waals surface area contributed by atoms with E-state index in [4.69, 9.17) is 14.2 Å². The molecule has 0 spiro atoms. The minimum absolute atomic E-state index is 0.165. The Hall–Kier alpha value is -3.81. The Balaban J connectivity index is 1.48. The summed E-state index contributed by atoms with van der Waals surface area (Å²) in [5.41, 5.74) is 0.568. The Morgan fingerprint density at radius 1 is 0.793 bits per heavy atom. The Morgan fingerprint density at radius 3 is 1.83 bits per heavy atom. The van der Waals surface area contributed by atoms with E-state index in [1.165, 1.54) is 43.3 Å². The lowest BCUT2D eigenvalue weighted by Gasteiger charge is -2.08. The Labute approximate surface area is 165 Å². The number of benzene rings is 2. The molecule has 29 heavy (non-hydrogen) atoms. The molecule has 0 aliphatic heterocycles. The summed E-state index contributed by atoms with van der Waals surface area (Å²) in [6.45, 7) is 0.584. The minimum atomic E-state index is -1.13. The molecule has 0 bridgehead atoms.